The van der Waals surface area contributed by atoms with Gasteiger partial charge >= 0.3 is 5.97 Å². The summed E-state index contributed by atoms with van der Waals surface area (Å²) in [4.78, 5) is 24.4. The molecule has 0 aliphatic heterocycles. The fraction of sp³-hybridized carbons (Fsp3) is 0.211. The van der Waals surface area contributed by atoms with E-state index in [4.69, 9.17) is 9.26 Å². The van der Waals surface area contributed by atoms with Gasteiger partial charge in [-0.3, -0.25) is 9.59 Å². The molecule has 0 saturated carbocycles. The average molecular weight is 323 g/mol. The van der Waals surface area contributed by atoms with E-state index in [-0.39, 0.29) is 12.2 Å². The van der Waals surface area contributed by atoms with Gasteiger partial charge in [-0.05, 0) is 26.0 Å². The summed E-state index contributed by atoms with van der Waals surface area (Å²) < 4.78 is 10.4. The van der Waals surface area contributed by atoms with E-state index in [0.717, 1.165) is 10.9 Å². The fourth-order valence-electron chi connectivity index (χ4n) is 2.45. The molecule has 122 valence electrons. The monoisotopic (exact) mass is 323 g/mol. The van der Waals surface area contributed by atoms with Crippen LogP contribution in [0.25, 0.3) is 11.0 Å². The number of hydrogen-bond acceptors (Lipinski definition) is 5. The molecule has 2 aromatic carbocycles. The second kappa shape index (κ2) is 6.66. The first-order valence-electron chi connectivity index (χ1n) is 7.68. The topological polar surface area (TPSA) is 69.4 Å². The number of benzene rings is 2. The Morgan fingerprint density at radius 2 is 1.83 bits per heavy atom. The molecule has 0 N–H and O–H groups in total. The van der Waals surface area contributed by atoms with E-state index in [1.54, 1.807) is 25.1 Å². The van der Waals surface area contributed by atoms with Crippen LogP contribution in [0.3, 0.4) is 0 Å². The molecular weight excluding hydrogens is 306 g/mol. The van der Waals surface area contributed by atoms with E-state index in [1.165, 1.54) is 0 Å². The van der Waals surface area contributed by atoms with E-state index in [2.05, 4.69) is 5.16 Å². The van der Waals surface area contributed by atoms with Crippen molar-refractivity contribution in [2.45, 2.75) is 26.4 Å². The summed E-state index contributed by atoms with van der Waals surface area (Å²) >= 11 is 0. The standard InChI is InChI=1S/C19H17NO4/c1-12-7-9-14(10-8-12)19(22)13(2)23-18(21)11-16-15-5-3-4-6-17(15)24-20-16/h3-10,13H,11H2,1-2H3/t13-/m1/s1. The lowest BCUT2D eigenvalue weighted by Gasteiger charge is -2.12. The van der Waals surface area contributed by atoms with Crippen molar-refractivity contribution in [1.29, 1.82) is 0 Å². The Morgan fingerprint density at radius 3 is 2.58 bits per heavy atom. The molecule has 1 atom stereocenters. The Kier molecular flexibility index (Phi) is 4.42. The van der Waals surface area contributed by atoms with E-state index in [9.17, 15) is 9.59 Å². The van der Waals surface area contributed by atoms with Crippen LogP contribution >= 0.6 is 0 Å². The molecule has 0 unspecified atom stereocenters. The van der Waals surface area contributed by atoms with Crippen molar-refractivity contribution in [2.24, 2.45) is 0 Å². The Morgan fingerprint density at radius 1 is 1.12 bits per heavy atom. The average Bonchev–Trinajstić information content (AvgIpc) is 2.98. The summed E-state index contributed by atoms with van der Waals surface area (Å²) in [5, 5.41) is 4.66. The van der Waals surface area contributed by atoms with Crippen molar-refractivity contribution >= 4 is 22.7 Å². The van der Waals surface area contributed by atoms with Crippen LogP contribution in [0, 0.1) is 6.92 Å². The Labute approximate surface area is 139 Å². The van der Waals surface area contributed by atoms with Crippen molar-refractivity contribution in [3.05, 3.63) is 65.4 Å². The van der Waals surface area contributed by atoms with Gasteiger partial charge in [0.1, 0.15) is 5.69 Å². The predicted octanol–water partition coefficient (Wildman–Crippen LogP) is 3.49. The first kappa shape index (κ1) is 15.9. The number of carbonyl (C=O) groups is 2. The van der Waals surface area contributed by atoms with E-state index < -0.39 is 12.1 Å². The minimum absolute atomic E-state index is 0.0392. The van der Waals surface area contributed by atoms with Crippen LogP contribution < -0.4 is 0 Å². The number of nitrogens with zero attached hydrogens (tertiary/aromatic N) is 1. The highest BCUT2D eigenvalue weighted by atomic mass is 16.5. The van der Waals surface area contributed by atoms with Crippen LogP contribution in [0.5, 0.6) is 0 Å². The lowest BCUT2D eigenvalue weighted by atomic mass is 10.1. The smallest absolute Gasteiger partial charge is 0.312 e. The summed E-state index contributed by atoms with van der Waals surface area (Å²) in [5.41, 5.74) is 2.71. The number of fused-ring (bicyclic) bond motifs is 1. The van der Waals surface area contributed by atoms with Gasteiger partial charge in [0.25, 0.3) is 0 Å². The number of hydrogen-bond donors (Lipinski definition) is 0. The molecule has 0 radical (unpaired) electrons. The van der Waals surface area contributed by atoms with E-state index >= 15 is 0 Å². The Hall–Kier alpha value is -2.95. The minimum atomic E-state index is -0.849. The molecule has 3 aromatic rings. The Balaban J connectivity index is 1.66. The fourth-order valence-corrected chi connectivity index (χ4v) is 2.45. The lowest BCUT2D eigenvalue weighted by Crippen LogP contribution is -2.25. The molecule has 0 fully saturated rings. The maximum Gasteiger partial charge on any atom is 0.312 e. The molecule has 5 nitrogen and oxygen atoms in total. The molecule has 0 aliphatic carbocycles. The number of para-hydroxylation sites is 1. The number of Topliss-reactive ketones (excluding diaryl/α,β-unsaturated/α-hetero) is 1. The first-order valence-corrected chi connectivity index (χ1v) is 7.68. The van der Waals surface area contributed by atoms with Crippen LogP contribution in [-0.2, 0) is 16.0 Å². The third-order valence-corrected chi connectivity index (χ3v) is 3.78. The zero-order valence-corrected chi connectivity index (χ0v) is 13.5. The SMILES string of the molecule is Cc1ccc(C(=O)[C@@H](C)OC(=O)Cc2noc3ccccc23)cc1. The highest BCUT2D eigenvalue weighted by molar-refractivity contribution is 6.00. The van der Waals surface area contributed by atoms with Gasteiger partial charge in [-0.2, -0.15) is 0 Å². The number of ketones is 1. The summed E-state index contributed by atoms with van der Waals surface area (Å²) in [7, 11) is 0. The number of carbonyl (C=O) groups excluding carboxylic acids is 2. The second-order valence-corrected chi connectivity index (χ2v) is 5.66. The highest BCUT2D eigenvalue weighted by Gasteiger charge is 2.21. The maximum absolute atomic E-state index is 12.3. The van der Waals surface area contributed by atoms with Crippen LogP contribution in [-0.4, -0.2) is 23.0 Å². The van der Waals surface area contributed by atoms with E-state index in [0.29, 0.717) is 16.8 Å². The summed E-state index contributed by atoms with van der Waals surface area (Å²) in [6.07, 6.45) is -0.888. The molecule has 5 heteroatoms. The van der Waals surface area contributed by atoms with Gasteiger partial charge in [0.2, 0.25) is 5.78 Å². The molecule has 24 heavy (non-hydrogen) atoms. The number of aromatic nitrogens is 1. The molecule has 0 spiro atoms. The minimum Gasteiger partial charge on any atom is -0.454 e. The predicted molar refractivity (Wildman–Crippen MR) is 88.8 cm³/mol. The molecular formula is C19H17NO4. The van der Waals surface area contributed by atoms with Crippen molar-refractivity contribution in [2.75, 3.05) is 0 Å². The number of aryl methyl sites for hydroxylation is 1. The first-order chi connectivity index (χ1) is 11.5. The number of esters is 1. The highest BCUT2D eigenvalue weighted by Crippen LogP contribution is 2.18. The quantitative estimate of drug-likeness (QED) is 0.531. The summed E-state index contributed by atoms with van der Waals surface area (Å²) in [6.45, 7) is 3.51. The zero-order chi connectivity index (χ0) is 17.1. The normalized spacial score (nSPS) is 12.1. The van der Waals surface area contributed by atoms with Gasteiger partial charge in [0, 0.05) is 10.9 Å². The van der Waals surface area contributed by atoms with E-state index in [1.807, 2.05) is 37.3 Å². The van der Waals surface area contributed by atoms with Crippen molar-refractivity contribution in [3.8, 4) is 0 Å². The molecule has 1 aromatic heterocycles. The van der Waals surface area contributed by atoms with Crippen LogP contribution in [0.2, 0.25) is 0 Å². The largest absolute Gasteiger partial charge is 0.454 e. The molecule has 0 saturated heterocycles. The van der Waals surface area contributed by atoms with Crippen LogP contribution in [0.15, 0.2) is 53.1 Å². The Bertz CT molecular complexity index is 880. The van der Waals surface area contributed by atoms with Gasteiger partial charge in [0.05, 0.1) is 6.42 Å². The van der Waals surface area contributed by atoms with Crippen molar-refractivity contribution < 1.29 is 18.8 Å². The third-order valence-electron chi connectivity index (χ3n) is 3.78. The van der Waals surface area contributed by atoms with Gasteiger partial charge in [-0.1, -0.05) is 47.1 Å². The number of rotatable bonds is 5. The number of ether oxygens (including phenoxy) is 1. The summed E-state index contributed by atoms with van der Waals surface area (Å²) in [5.74, 6) is -0.740. The van der Waals surface area contributed by atoms with Gasteiger partial charge in [0.15, 0.2) is 11.7 Å². The van der Waals surface area contributed by atoms with Crippen molar-refractivity contribution in [3.63, 3.8) is 0 Å². The molecule has 0 aliphatic rings. The van der Waals surface area contributed by atoms with Gasteiger partial charge in [-0.25, -0.2) is 0 Å². The van der Waals surface area contributed by atoms with Gasteiger partial charge < -0.3 is 9.26 Å². The third kappa shape index (κ3) is 3.35. The molecule has 1 heterocycles. The molecule has 0 bridgehead atoms. The zero-order valence-electron chi connectivity index (χ0n) is 13.5. The second-order valence-electron chi connectivity index (χ2n) is 5.66. The van der Waals surface area contributed by atoms with Gasteiger partial charge in [-0.15, -0.1) is 0 Å². The molecule has 0 amide bonds. The summed E-state index contributed by atoms with van der Waals surface area (Å²) in [6, 6.07) is 14.4. The van der Waals surface area contributed by atoms with Crippen LogP contribution in [0.1, 0.15) is 28.5 Å². The lowest BCUT2D eigenvalue weighted by molar-refractivity contribution is -0.145. The van der Waals surface area contributed by atoms with Crippen molar-refractivity contribution in [1.82, 2.24) is 5.16 Å². The molecule has 3 rings (SSSR count). The maximum atomic E-state index is 12.3. The van der Waals surface area contributed by atoms with Crippen LogP contribution in [0.4, 0.5) is 0 Å².